The SMILES string of the molecule is NC(=O)C1CNCCN1CC(=O)Nc1ccc(F)c(Cl)c1. The van der Waals surface area contributed by atoms with Crippen molar-refractivity contribution in [1.82, 2.24) is 10.2 Å². The van der Waals surface area contributed by atoms with Gasteiger partial charge in [-0.05, 0) is 18.2 Å². The minimum atomic E-state index is -0.550. The van der Waals surface area contributed by atoms with Crippen LogP contribution in [-0.2, 0) is 9.59 Å². The van der Waals surface area contributed by atoms with E-state index >= 15 is 0 Å². The molecule has 1 unspecified atom stereocenters. The zero-order valence-electron chi connectivity index (χ0n) is 11.2. The van der Waals surface area contributed by atoms with Gasteiger partial charge in [0, 0.05) is 25.3 Å². The third-order valence-corrected chi connectivity index (χ3v) is 3.52. The maximum absolute atomic E-state index is 13.0. The van der Waals surface area contributed by atoms with E-state index < -0.39 is 17.8 Å². The van der Waals surface area contributed by atoms with Crippen LogP contribution in [0.3, 0.4) is 0 Å². The summed E-state index contributed by atoms with van der Waals surface area (Å²) in [6.07, 6.45) is 0. The van der Waals surface area contributed by atoms with Crippen molar-refractivity contribution in [2.45, 2.75) is 6.04 Å². The number of benzene rings is 1. The number of hydrogen-bond acceptors (Lipinski definition) is 4. The molecule has 0 aromatic heterocycles. The van der Waals surface area contributed by atoms with Gasteiger partial charge in [-0.3, -0.25) is 14.5 Å². The molecular formula is C13H16ClFN4O2. The lowest BCUT2D eigenvalue weighted by Gasteiger charge is -2.33. The van der Waals surface area contributed by atoms with Gasteiger partial charge in [0.1, 0.15) is 11.9 Å². The van der Waals surface area contributed by atoms with Gasteiger partial charge in [0.05, 0.1) is 11.6 Å². The molecule has 21 heavy (non-hydrogen) atoms. The van der Waals surface area contributed by atoms with Gasteiger partial charge < -0.3 is 16.4 Å². The molecule has 1 heterocycles. The number of rotatable bonds is 4. The number of piperazine rings is 1. The fourth-order valence-corrected chi connectivity index (χ4v) is 2.36. The summed E-state index contributed by atoms with van der Waals surface area (Å²) in [6, 6.07) is 3.41. The van der Waals surface area contributed by atoms with Gasteiger partial charge in [-0.1, -0.05) is 11.6 Å². The van der Waals surface area contributed by atoms with Gasteiger partial charge in [0.25, 0.3) is 0 Å². The van der Waals surface area contributed by atoms with Gasteiger partial charge in [0.2, 0.25) is 11.8 Å². The van der Waals surface area contributed by atoms with Crippen LogP contribution in [0.2, 0.25) is 5.02 Å². The molecule has 0 saturated carbocycles. The summed E-state index contributed by atoms with van der Waals surface area (Å²) >= 11 is 5.65. The van der Waals surface area contributed by atoms with Gasteiger partial charge in [0.15, 0.2) is 0 Å². The first-order chi connectivity index (χ1) is 9.97. The van der Waals surface area contributed by atoms with Crippen molar-refractivity contribution in [2.75, 3.05) is 31.5 Å². The standard InChI is InChI=1S/C13H16ClFN4O2/c14-9-5-8(1-2-10(9)15)18-12(20)7-19-4-3-17-6-11(19)13(16)21/h1-2,5,11,17H,3-4,6-7H2,(H2,16,21)(H,18,20). The van der Waals surface area contributed by atoms with Crippen LogP contribution in [0, 0.1) is 5.82 Å². The zero-order chi connectivity index (χ0) is 15.4. The molecule has 0 radical (unpaired) electrons. The topological polar surface area (TPSA) is 87.5 Å². The first-order valence-electron chi connectivity index (χ1n) is 6.46. The smallest absolute Gasteiger partial charge is 0.238 e. The highest BCUT2D eigenvalue weighted by Gasteiger charge is 2.28. The number of primary amides is 1. The van der Waals surface area contributed by atoms with E-state index in [0.29, 0.717) is 25.3 Å². The average molecular weight is 315 g/mol. The van der Waals surface area contributed by atoms with Crippen LogP contribution in [0.5, 0.6) is 0 Å². The second-order valence-corrected chi connectivity index (χ2v) is 5.18. The number of amides is 2. The van der Waals surface area contributed by atoms with Gasteiger partial charge in [-0.25, -0.2) is 4.39 Å². The first-order valence-corrected chi connectivity index (χ1v) is 6.84. The molecule has 2 amide bonds. The minimum Gasteiger partial charge on any atom is -0.368 e. The van der Waals surface area contributed by atoms with E-state index in [-0.39, 0.29) is 17.5 Å². The molecule has 0 spiro atoms. The van der Waals surface area contributed by atoms with Crippen molar-refractivity contribution in [1.29, 1.82) is 0 Å². The molecule has 1 aliphatic heterocycles. The van der Waals surface area contributed by atoms with Crippen molar-refractivity contribution >= 4 is 29.1 Å². The van der Waals surface area contributed by atoms with Crippen molar-refractivity contribution in [3.05, 3.63) is 29.0 Å². The predicted octanol–water partition coefficient (Wildman–Crippen LogP) is 0.177. The molecule has 0 bridgehead atoms. The van der Waals surface area contributed by atoms with Crippen LogP contribution < -0.4 is 16.4 Å². The number of carbonyl (C=O) groups excluding carboxylic acids is 2. The maximum Gasteiger partial charge on any atom is 0.238 e. The fraction of sp³-hybridized carbons (Fsp3) is 0.385. The number of nitrogens with two attached hydrogens (primary N) is 1. The molecule has 6 nitrogen and oxygen atoms in total. The third-order valence-electron chi connectivity index (χ3n) is 3.23. The number of halogens is 2. The Morgan fingerprint density at radius 2 is 2.29 bits per heavy atom. The summed E-state index contributed by atoms with van der Waals surface area (Å²) < 4.78 is 13.0. The summed E-state index contributed by atoms with van der Waals surface area (Å²) in [5.41, 5.74) is 5.71. The summed E-state index contributed by atoms with van der Waals surface area (Å²) in [6.45, 7) is 1.68. The number of nitrogens with zero attached hydrogens (tertiary/aromatic N) is 1. The normalized spacial score (nSPS) is 19.2. The molecule has 0 aliphatic carbocycles. The predicted molar refractivity (Wildman–Crippen MR) is 77.5 cm³/mol. The summed E-state index contributed by atoms with van der Waals surface area (Å²) in [7, 11) is 0. The Balaban J connectivity index is 1.97. The van der Waals surface area contributed by atoms with Gasteiger partial charge >= 0.3 is 0 Å². The molecule has 1 fully saturated rings. The van der Waals surface area contributed by atoms with Crippen molar-refractivity contribution < 1.29 is 14.0 Å². The molecule has 1 aromatic rings. The summed E-state index contributed by atoms with van der Waals surface area (Å²) in [4.78, 5) is 25.0. The highest BCUT2D eigenvalue weighted by atomic mass is 35.5. The maximum atomic E-state index is 13.0. The van der Waals surface area contributed by atoms with E-state index in [4.69, 9.17) is 17.3 Å². The van der Waals surface area contributed by atoms with Crippen LogP contribution >= 0.6 is 11.6 Å². The lowest BCUT2D eigenvalue weighted by Crippen LogP contribution is -2.58. The Labute approximate surface area is 126 Å². The quantitative estimate of drug-likeness (QED) is 0.739. The molecule has 4 N–H and O–H groups in total. The van der Waals surface area contributed by atoms with E-state index in [9.17, 15) is 14.0 Å². The monoisotopic (exact) mass is 314 g/mol. The second-order valence-electron chi connectivity index (χ2n) is 4.77. The van der Waals surface area contributed by atoms with Crippen LogP contribution in [0.1, 0.15) is 0 Å². The fourth-order valence-electron chi connectivity index (χ4n) is 2.18. The highest BCUT2D eigenvalue weighted by molar-refractivity contribution is 6.31. The van der Waals surface area contributed by atoms with Crippen molar-refractivity contribution in [3.63, 3.8) is 0 Å². The zero-order valence-corrected chi connectivity index (χ0v) is 12.0. The first kappa shape index (κ1) is 15.7. The third kappa shape index (κ3) is 4.13. The largest absolute Gasteiger partial charge is 0.368 e. The Hall–Kier alpha value is -1.70. The molecule has 8 heteroatoms. The molecule has 1 atom stereocenters. The summed E-state index contributed by atoms with van der Waals surface area (Å²) in [5, 5.41) is 5.60. The molecular weight excluding hydrogens is 299 g/mol. The Morgan fingerprint density at radius 3 is 2.95 bits per heavy atom. The second kappa shape index (κ2) is 6.84. The van der Waals surface area contributed by atoms with Crippen LogP contribution in [0.25, 0.3) is 0 Å². The van der Waals surface area contributed by atoms with Crippen LogP contribution in [0.15, 0.2) is 18.2 Å². The van der Waals surface area contributed by atoms with Crippen molar-refractivity contribution in [3.8, 4) is 0 Å². The van der Waals surface area contributed by atoms with Crippen LogP contribution in [-0.4, -0.2) is 48.9 Å². The van der Waals surface area contributed by atoms with Gasteiger partial charge in [-0.15, -0.1) is 0 Å². The number of carbonyl (C=O) groups is 2. The van der Waals surface area contributed by atoms with Crippen LogP contribution in [0.4, 0.5) is 10.1 Å². The average Bonchev–Trinajstić information content (AvgIpc) is 2.43. The Morgan fingerprint density at radius 1 is 1.52 bits per heavy atom. The lowest BCUT2D eigenvalue weighted by atomic mass is 10.2. The number of anilines is 1. The summed E-state index contributed by atoms with van der Waals surface area (Å²) in [5.74, 6) is -1.34. The number of nitrogens with one attached hydrogen (secondary N) is 2. The lowest BCUT2D eigenvalue weighted by molar-refractivity contribution is -0.125. The Bertz CT molecular complexity index is 555. The van der Waals surface area contributed by atoms with Gasteiger partial charge in [-0.2, -0.15) is 0 Å². The van der Waals surface area contributed by atoms with E-state index in [1.54, 1.807) is 4.90 Å². The molecule has 114 valence electrons. The molecule has 1 aromatic carbocycles. The minimum absolute atomic E-state index is 0.0320. The van der Waals surface area contributed by atoms with E-state index in [1.165, 1.54) is 18.2 Å². The van der Waals surface area contributed by atoms with Crippen molar-refractivity contribution in [2.24, 2.45) is 5.73 Å². The van der Waals surface area contributed by atoms with E-state index in [2.05, 4.69) is 10.6 Å². The number of hydrogen-bond donors (Lipinski definition) is 3. The molecule has 2 rings (SSSR count). The van der Waals surface area contributed by atoms with E-state index in [1.807, 2.05) is 0 Å². The van der Waals surface area contributed by atoms with E-state index in [0.717, 1.165) is 0 Å². The molecule has 1 saturated heterocycles. The molecule has 1 aliphatic rings. The Kier molecular flexibility index (Phi) is 5.11. The highest BCUT2D eigenvalue weighted by Crippen LogP contribution is 2.19.